The van der Waals surface area contributed by atoms with Crippen LogP contribution in [-0.4, -0.2) is 30.4 Å². The van der Waals surface area contributed by atoms with Gasteiger partial charge in [-0.1, -0.05) is 24.6 Å². The van der Waals surface area contributed by atoms with Crippen molar-refractivity contribution in [2.45, 2.75) is 49.1 Å². The van der Waals surface area contributed by atoms with Crippen LogP contribution in [0.4, 0.5) is 4.39 Å². The summed E-state index contributed by atoms with van der Waals surface area (Å²) in [5, 5.41) is 20.9. The highest BCUT2D eigenvalue weighted by molar-refractivity contribution is 7.99. The molecule has 7 nitrogen and oxygen atoms in total. The van der Waals surface area contributed by atoms with Gasteiger partial charge < -0.3 is 4.42 Å². The maximum absolute atomic E-state index is 13.0. The Kier molecular flexibility index (Phi) is 4.48. The van der Waals surface area contributed by atoms with Gasteiger partial charge in [0.15, 0.2) is 0 Å². The molecule has 0 bridgehead atoms. The van der Waals surface area contributed by atoms with Crippen LogP contribution in [0.2, 0.25) is 0 Å². The molecule has 2 aromatic heterocycles. The zero-order valence-corrected chi connectivity index (χ0v) is 14.5. The van der Waals surface area contributed by atoms with E-state index >= 15 is 0 Å². The smallest absolute Gasteiger partial charge is 0.247 e. The van der Waals surface area contributed by atoms with Crippen LogP contribution in [0.15, 0.2) is 33.8 Å². The summed E-state index contributed by atoms with van der Waals surface area (Å²) in [6.45, 7) is 1.97. The van der Waals surface area contributed by atoms with Gasteiger partial charge in [-0.2, -0.15) is 0 Å². The van der Waals surface area contributed by atoms with Crippen LogP contribution in [0.1, 0.15) is 49.8 Å². The number of hydrogen-bond donors (Lipinski definition) is 0. The van der Waals surface area contributed by atoms with E-state index in [1.54, 1.807) is 12.1 Å². The summed E-state index contributed by atoms with van der Waals surface area (Å²) >= 11 is 1.50. The van der Waals surface area contributed by atoms with Crippen molar-refractivity contribution in [3.63, 3.8) is 0 Å². The molecule has 0 saturated heterocycles. The number of aromatic nitrogens is 6. The second kappa shape index (κ2) is 6.91. The highest BCUT2D eigenvalue weighted by Crippen LogP contribution is 2.37. The van der Waals surface area contributed by atoms with Gasteiger partial charge in [0, 0.05) is 5.56 Å². The maximum atomic E-state index is 13.0. The number of hydrogen-bond acceptors (Lipinski definition) is 7. The van der Waals surface area contributed by atoms with Crippen LogP contribution >= 0.6 is 11.8 Å². The Bertz CT molecular complexity index is 842. The van der Waals surface area contributed by atoms with Crippen LogP contribution in [0.25, 0.3) is 11.5 Å². The number of nitrogens with zero attached hydrogens (tertiary/aromatic N) is 6. The molecule has 0 aliphatic heterocycles. The van der Waals surface area contributed by atoms with Crippen LogP contribution in [0.3, 0.4) is 0 Å². The van der Waals surface area contributed by atoms with Gasteiger partial charge >= 0.3 is 0 Å². The summed E-state index contributed by atoms with van der Waals surface area (Å²) in [6.07, 6.45) is 4.66. The fourth-order valence-corrected chi connectivity index (χ4v) is 3.85. The molecule has 4 rings (SSSR count). The van der Waals surface area contributed by atoms with Crippen LogP contribution < -0.4 is 0 Å². The molecule has 0 amide bonds. The number of halogens is 1. The zero-order chi connectivity index (χ0) is 17.2. The van der Waals surface area contributed by atoms with E-state index < -0.39 is 0 Å². The van der Waals surface area contributed by atoms with E-state index in [9.17, 15) is 4.39 Å². The van der Waals surface area contributed by atoms with E-state index in [0.29, 0.717) is 23.4 Å². The Morgan fingerprint density at radius 1 is 1.16 bits per heavy atom. The first-order chi connectivity index (χ1) is 12.2. The van der Waals surface area contributed by atoms with E-state index in [0.717, 1.165) is 18.0 Å². The number of thioether (sulfide) groups is 1. The lowest BCUT2D eigenvalue weighted by Crippen LogP contribution is -2.08. The predicted octanol–water partition coefficient (Wildman–Crippen LogP) is 3.83. The van der Waals surface area contributed by atoms with E-state index in [1.807, 2.05) is 11.6 Å². The van der Waals surface area contributed by atoms with Crippen LogP contribution in [-0.2, 0) is 0 Å². The lowest BCUT2D eigenvalue weighted by Gasteiger charge is -2.12. The van der Waals surface area contributed by atoms with Gasteiger partial charge in [0.05, 0.1) is 11.3 Å². The van der Waals surface area contributed by atoms with Gasteiger partial charge in [-0.05, 0) is 54.5 Å². The lowest BCUT2D eigenvalue weighted by atomic mass is 10.2. The topological polar surface area (TPSA) is 82.5 Å². The minimum Gasteiger partial charge on any atom is -0.419 e. The van der Waals surface area contributed by atoms with E-state index in [-0.39, 0.29) is 11.1 Å². The normalized spacial score (nSPS) is 16.4. The van der Waals surface area contributed by atoms with Gasteiger partial charge in [0.25, 0.3) is 0 Å². The van der Waals surface area contributed by atoms with Gasteiger partial charge in [-0.15, -0.1) is 15.3 Å². The first-order valence-corrected chi connectivity index (χ1v) is 9.12. The number of rotatable bonds is 5. The highest BCUT2D eigenvalue weighted by atomic mass is 32.2. The average molecular weight is 360 g/mol. The van der Waals surface area contributed by atoms with Crippen molar-refractivity contribution in [2.24, 2.45) is 0 Å². The first-order valence-electron chi connectivity index (χ1n) is 8.24. The minimum absolute atomic E-state index is 0.0900. The molecule has 0 N–H and O–H groups in total. The molecule has 1 aromatic carbocycles. The standard InChI is InChI=1S/C16H17FN6OS/c1-10(25-16-20-21-22-23(16)13-4-2-3-5-13)14-18-19-15(24-14)11-6-8-12(17)9-7-11/h6-10,13H,2-5H2,1H3. The van der Waals surface area contributed by atoms with E-state index in [1.165, 1.54) is 36.7 Å². The van der Waals surface area contributed by atoms with Crippen molar-refractivity contribution in [3.05, 3.63) is 36.0 Å². The summed E-state index contributed by atoms with van der Waals surface area (Å²) in [5.74, 6) is 0.564. The summed E-state index contributed by atoms with van der Waals surface area (Å²) in [6, 6.07) is 6.35. The molecule has 9 heteroatoms. The van der Waals surface area contributed by atoms with E-state index in [2.05, 4.69) is 25.7 Å². The Morgan fingerprint density at radius 2 is 1.92 bits per heavy atom. The van der Waals surface area contributed by atoms with Crippen molar-refractivity contribution < 1.29 is 8.81 Å². The number of tetrazole rings is 1. The Morgan fingerprint density at radius 3 is 2.68 bits per heavy atom. The van der Waals surface area contributed by atoms with Crippen molar-refractivity contribution in [2.75, 3.05) is 0 Å². The Hall–Kier alpha value is -2.29. The first kappa shape index (κ1) is 16.2. The molecule has 0 radical (unpaired) electrons. The van der Waals surface area contributed by atoms with Gasteiger partial charge in [0.2, 0.25) is 16.9 Å². The molecule has 1 aliphatic rings. The third-order valence-electron chi connectivity index (χ3n) is 4.29. The minimum atomic E-state index is -0.300. The van der Waals surface area contributed by atoms with Gasteiger partial charge in [-0.25, -0.2) is 9.07 Å². The molecule has 3 aromatic rings. The molecule has 2 heterocycles. The third-order valence-corrected chi connectivity index (χ3v) is 5.33. The molecule has 1 fully saturated rings. The molecule has 130 valence electrons. The predicted molar refractivity (Wildman–Crippen MR) is 89.3 cm³/mol. The fourth-order valence-electron chi connectivity index (χ4n) is 2.96. The fraction of sp³-hybridized carbons (Fsp3) is 0.438. The summed E-state index contributed by atoms with van der Waals surface area (Å²) in [5.41, 5.74) is 0.688. The molecule has 1 unspecified atom stereocenters. The quantitative estimate of drug-likeness (QED) is 0.639. The third kappa shape index (κ3) is 3.41. The molecule has 1 atom stereocenters. The van der Waals surface area contributed by atoms with Gasteiger partial charge in [-0.3, -0.25) is 0 Å². The molecule has 1 saturated carbocycles. The SMILES string of the molecule is CC(Sc1nnnn1C1CCCC1)c1nnc(-c2ccc(F)cc2)o1. The number of benzene rings is 1. The molecule has 1 aliphatic carbocycles. The van der Waals surface area contributed by atoms with E-state index in [4.69, 9.17) is 4.42 Å². The monoisotopic (exact) mass is 360 g/mol. The lowest BCUT2D eigenvalue weighted by molar-refractivity contribution is 0.422. The highest BCUT2D eigenvalue weighted by Gasteiger charge is 2.24. The average Bonchev–Trinajstić information content (AvgIpc) is 3.36. The second-order valence-electron chi connectivity index (χ2n) is 6.06. The second-order valence-corrected chi connectivity index (χ2v) is 7.36. The van der Waals surface area contributed by atoms with Crippen molar-refractivity contribution in [3.8, 4) is 11.5 Å². The van der Waals surface area contributed by atoms with Crippen molar-refractivity contribution in [1.82, 2.24) is 30.4 Å². The Labute approximate surface area is 148 Å². The molecular formula is C16H17FN6OS. The maximum Gasteiger partial charge on any atom is 0.247 e. The molecular weight excluding hydrogens is 343 g/mol. The zero-order valence-electron chi connectivity index (χ0n) is 13.7. The largest absolute Gasteiger partial charge is 0.419 e. The summed E-state index contributed by atoms with van der Waals surface area (Å²) < 4.78 is 20.7. The van der Waals surface area contributed by atoms with Crippen molar-refractivity contribution in [1.29, 1.82) is 0 Å². The van der Waals surface area contributed by atoms with Gasteiger partial charge in [0.1, 0.15) is 5.82 Å². The van der Waals surface area contributed by atoms with Crippen molar-refractivity contribution >= 4 is 11.8 Å². The summed E-state index contributed by atoms with van der Waals surface area (Å²) in [7, 11) is 0. The van der Waals surface area contributed by atoms with Crippen LogP contribution in [0.5, 0.6) is 0 Å². The molecule has 25 heavy (non-hydrogen) atoms. The summed E-state index contributed by atoms with van der Waals surface area (Å²) in [4.78, 5) is 0. The Balaban J connectivity index is 1.49. The van der Waals surface area contributed by atoms with Crippen LogP contribution in [0, 0.1) is 5.82 Å². The molecule has 0 spiro atoms.